The molecule has 0 aliphatic rings. The Labute approximate surface area is 253 Å². The molecule has 0 bridgehead atoms. The first-order valence-corrected chi connectivity index (χ1v) is 17.2. The average Bonchev–Trinajstić information content (AvgIpc) is 3.04. The fourth-order valence-corrected chi connectivity index (χ4v) is 10.8. The van der Waals surface area contributed by atoms with Gasteiger partial charge in [-0.2, -0.15) is 0 Å². The summed E-state index contributed by atoms with van der Waals surface area (Å²) in [5, 5.41) is 8.37. The van der Waals surface area contributed by atoms with Crippen LogP contribution in [0.25, 0.3) is 11.1 Å². The molecule has 0 aliphatic heterocycles. The molecule has 206 valence electrons. The van der Waals surface area contributed by atoms with Gasteiger partial charge in [-0.1, -0.05) is 146 Å². The van der Waals surface area contributed by atoms with Gasteiger partial charge in [0.05, 0.1) is 0 Å². The summed E-state index contributed by atoms with van der Waals surface area (Å²) in [4.78, 5) is 0. The van der Waals surface area contributed by atoms with Gasteiger partial charge in [0.25, 0.3) is 0 Å². The Morgan fingerprint density at radius 3 is 0.833 bits per heavy atom. The molecule has 0 amide bonds. The highest BCUT2D eigenvalue weighted by atomic mass is 31.1. The van der Waals surface area contributed by atoms with Gasteiger partial charge >= 0.3 is 0 Å². The maximum absolute atomic E-state index is 2.42. The second-order valence-corrected chi connectivity index (χ2v) is 15.2. The monoisotopic (exact) mass is 578 g/mol. The van der Waals surface area contributed by atoms with E-state index in [1.165, 1.54) is 65.2 Å². The Morgan fingerprint density at radius 1 is 0.310 bits per heavy atom. The highest BCUT2D eigenvalue weighted by molar-refractivity contribution is 7.80. The van der Waals surface area contributed by atoms with Crippen molar-refractivity contribution in [1.82, 2.24) is 0 Å². The minimum absolute atomic E-state index is 0.774. The minimum atomic E-state index is -0.774. The van der Waals surface area contributed by atoms with Crippen LogP contribution in [0.1, 0.15) is 22.3 Å². The van der Waals surface area contributed by atoms with Crippen molar-refractivity contribution in [2.24, 2.45) is 0 Å². The van der Waals surface area contributed by atoms with E-state index < -0.39 is 15.8 Å². The van der Waals surface area contributed by atoms with Crippen molar-refractivity contribution < 1.29 is 0 Å². The van der Waals surface area contributed by atoms with E-state index in [0.29, 0.717) is 0 Å². The topological polar surface area (TPSA) is 0 Å². The number of rotatable bonds is 7. The molecule has 6 rings (SSSR count). The molecule has 0 N–H and O–H groups in total. The van der Waals surface area contributed by atoms with Crippen LogP contribution in [0.5, 0.6) is 0 Å². The zero-order chi connectivity index (χ0) is 29.1. The molecule has 0 unspecified atom stereocenters. The van der Waals surface area contributed by atoms with Gasteiger partial charge in [0.2, 0.25) is 0 Å². The molecule has 6 aromatic rings. The number of hydrogen-bond donors (Lipinski definition) is 0. The summed E-state index contributed by atoms with van der Waals surface area (Å²) in [6.07, 6.45) is 0. The number of hydrogen-bond acceptors (Lipinski definition) is 0. The molecule has 0 spiro atoms. The van der Waals surface area contributed by atoms with Crippen LogP contribution < -0.4 is 31.8 Å². The predicted molar refractivity (Wildman–Crippen MR) is 188 cm³/mol. The van der Waals surface area contributed by atoms with Gasteiger partial charge in [0, 0.05) is 0 Å². The average molecular weight is 579 g/mol. The van der Waals surface area contributed by atoms with Crippen LogP contribution >= 0.6 is 15.8 Å². The molecule has 0 aromatic heterocycles. The lowest BCUT2D eigenvalue weighted by atomic mass is 9.92. The molecule has 0 aliphatic carbocycles. The van der Waals surface area contributed by atoms with E-state index in [2.05, 4.69) is 173 Å². The van der Waals surface area contributed by atoms with Crippen molar-refractivity contribution in [3.05, 3.63) is 168 Å². The number of aryl methyl sites for hydroxylation is 2. The summed E-state index contributed by atoms with van der Waals surface area (Å²) in [7, 11) is -1.55. The molecule has 0 heterocycles. The fourth-order valence-electron chi connectivity index (χ4n) is 5.77. The van der Waals surface area contributed by atoms with Crippen molar-refractivity contribution in [3.8, 4) is 11.1 Å². The molecule has 42 heavy (non-hydrogen) atoms. The molecule has 0 atom stereocenters. The minimum Gasteiger partial charge on any atom is -0.0622 e. The SMILES string of the molecule is Cc1ccc(P(c2ccccc2)c2ccccc2)c(-c2c(P(c3ccccc3)c3ccccc3)ccc(C)c2C)c1C. The third-order valence-electron chi connectivity index (χ3n) is 8.22. The van der Waals surface area contributed by atoms with Crippen molar-refractivity contribution in [2.45, 2.75) is 27.7 Å². The van der Waals surface area contributed by atoms with Gasteiger partial charge in [0.15, 0.2) is 0 Å². The Hall–Kier alpha value is -3.82. The summed E-state index contributed by atoms with van der Waals surface area (Å²) < 4.78 is 0. The third-order valence-corrected chi connectivity index (χ3v) is 13.2. The van der Waals surface area contributed by atoms with Gasteiger partial charge in [-0.3, -0.25) is 0 Å². The first-order chi connectivity index (χ1) is 20.5. The lowest BCUT2D eigenvalue weighted by Gasteiger charge is -2.29. The summed E-state index contributed by atoms with van der Waals surface area (Å²) in [5.41, 5.74) is 8.23. The van der Waals surface area contributed by atoms with E-state index in [0.717, 1.165) is 0 Å². The maximum atomic E-state index is 2.42. The zero-order valence-electron chi connectivity index (χ0n) is 24.8. The van der Waals surface area contributed by atoms with Crippen LogP contribution in [0.15, 0.2) is 146 Å². The molecule has 0 fully saturated rings. The Morgan fingerprint density at radius 2 is 0.571 bits per heavy atom. The van der Waals surface area contributed by atoms with Gasteiger partial charge in [-0.25, -0.2) is 0 Å². The highest BCUT2D eigenvalue weighted by Gasteiger charge is 2.28. The molecule has 2 heteroatoms. The van der Waals surface area contributed by atoms with E-state index in [4.69, 9.17) is 0 Å². The molecule has 6 aromatic carbocycles. The second-order valence-electron chi connectivity index (χ2n) is 10.8. The Bertz CT molecular complexity index is 1580. The third kappa shape index (κ3) is 5.51. The van der Waals surface area contributed by atoms with Crippen LogP contribution in [-0.4, -0.2) is 0 Å². The maximum Gasteiger partial charge on any atom is -0.00590 e. The van der Waals surface area contributed by atoms with Crippen LogP contribution in [-0.2, 0) is 0 Å². The lowest BCUT2D eigenvalue weighted by Crippen LogP contribution is -2.27. The van der Waals surface area contributed by atoms with E-state index in [-0.39, 0.29) is 0 Å². The van der Waals surface area contributed by atoms with Crippen LogP contribution in [0.2, 0.25) is 0 Å². The van der Waals surface area contributed by atoms with Crippen LogP contribution in [0.3, 0.4) is 0 Å². The van der Waals surface area contributed by atoms with Crippen molar-refractivity contribution in [1.29, 1.82) is 0 Å². The quantitative estimate of drug-likeness (QED) is 0.168. The van der Waals surface area contributed by atoms with Crippen LogP contribution in [0, 0.1) is 27.7 Å². The largest absolute Gasteiger partial charge is 0.0622 e. The fraction of sp³-hybridized carbons (Fsp3) is 0.100. The normalized spacial score (nSPS) is 11.3. The first-order valence-electron chi connectivity index (χ1n) is 14.6. The van der Waals surface area contributed by atoms with E-state index in [9.17, 15) is 0 Å². The van der Waals surface area contributed by atoms with Gasteiger partial charge in [-0.05, 0) is 109 Å². The molecule has 0 radical (unpaired) electrons. The Balaban J connectivity index is 1.70. The summed E-state index contributed by atoms with van der Waals surface area (Å²) >= 11 is 0. The molecule has 0 nitrogen and oxygen atoms in total. The second kappa shape index (κ2) is 12.6. The molecule has 0 saturated heterocycles. The Kier molecular flexibility index (Phi) is 8.48. The van der Waals surface area contributed by atoms with Gasteiger partial charge in [-0.15, -0.1) is 0 Å². The van der Waals surface area contributed by atoms with E-state index >= 15 is 0 Å². The van der Waals surface area contributed by atoms with Crippen molar-refractivity contribution in [3.63, 3.8) is 0 Å². The lowest BCUT2D eigenvalue weighted by molar-refractivity contribution is 1.32. The van der Waals surface area contributed by atoms with Gasteiger partial charge < -0.3 is 0 Å². The molecular weight excluding hydrogens is 542 g/mol. The summed E-state index contributed by atoms with van der Waals surface area (Å²) in [6.45, 7) is 9.18. The van der Waals surface area contributed by atoms with Crippen LogP contribution in [0.4, 0.5) is 0 Å². The number of benzene rings is 6. The predicted octanol–water partition coefficient (Wildman–Crippen LogP) is 8.10. The van der Waals surface area contributed by atoms with Crippen molar-refractivity contribution in [2.75, 3.05) is 0 Å². The standard InChI is InChI=1S/C40H36P2/c1-29-25-27-37(41(33-17-9-5-10-18-33)34-19-11-6-12-20-34)39(31(29)3)40-32(4)30(2)26-28-38(40)42(35-21-13-7-14-22-35)36-23-15-8-16-24-36/h5-28H,1-4H3. The summed E-state index contributed by atoms with van der Waals surface area (Å²) in [5.74, 6) is 0. The van der Waals surface area contributed by atoms with Crippen molar-refractivity contribution >= 4 is 47.7 Å². The smallest absolute Gasteiger partial charge is 0.00590 e. The highest BCUT2D eigenvalue weighted by Crippen LogP contribution is 2.44. The molecular formula is C40H36P2. The van der Waals surface area contributed by atoms with Gasteiger partial charge in [0.1, 0.15) is 0 Å². The van der Waals surface area contributed by atoms with E-state index in [1.54, 1.807) is 0 Å². The first kappa shape index (κ1) is 28.3. The zero-order valence-corrected chi connectivity index (χ0v) is 26.5. The summed E-state index contributed by atoms with van der Waals surface area (Å²) in [6, 6.07) is 53.9. The van der Waals surface area contributed by atoms with E-state index in [1.807, 2.05) is 0 Å². The molecule has 0 saturated carbocycles.